The highest BCUT2D eigenvalue weighted by Crippen LogP contribution is 2.26. The number of carbonyl (C=O) groups is 1. The third kappa shape index (κ3) is 3.92. The zero-order chi connectivity index (χ0) is 16.1. The first-order valence-electron chi connectivity index (χ1n) is 6.99. The summed E-state index contributed by atoms with van der Waals surface area (Å²) in [6.07, 6.45) is 3.20. The Balaban J connectivity index is 1.79. The van der Waals surface area contributed by atoms with Gasteiger partial charge in [-0.3, -0.25) is 4.98 Å². The maximum Gasteiger partial charge on any atom is 0.320 e. The minimum Gasteiger partial charge on any atom is -0.326 e. The van der Waals surface area contributed by atoms with Crippen molar-refractivity contribution in [3.05, 3.63) is 82.6 Å². The molecule has 4 nitrogen and oxygen atoms in total. The van der Waals surface area contributed by atoms with E-state index < -0.39 is 0 Å². The first kappa shape index (κ1) is 15.2. The SMILES string of the molecule is O=C(Nc1cccnc1)NC(c1ccc(F)cc1)c1cccs1. The Morgan fingerprint density at radius 1 is 1.13 bits per heavy atom. The van der Waals surface area contributed by atoms with Crippen LogP contribution in [0.1, 0.15) is 16.5 Å². The van der Waals surface area contributed by atoms with Gasteiger partial charge in [0.1, 0.15) is 5.82 Å². The molecule has 3 rings (SSSR count). The fourth-order valence-electron chi connectivity index (χ4n) is 2.16. The van der Waals surface area contributed by atoms with Crippen molar-refractivity contribution in [1.82, 2.24) is 10.3 Å². The van der Waals surface area contributed by atoms with E-state index >= 15 is 0 Å². The van der Waals surface area contributed by atoms with Crippen LogP contribution in [-0.2, 0) is 0 Å². The maximum absolute atomic E-state index is 13.1. The van der Waals surface area contributed by atoms with Crippen molar-refractivity contribution in [3.8, 4) is 0 Å². The van der Waals surface area contributed by atoms with Crippen LogP contribution < -0.4 is 10.6 Å². The second kappa shape index (κ2) is 7.02. The Hall–Kier alpha value is -2.73. The van der Waals surface area contributed by atoms with E-state index in [-0.39, 0.29) is 17.9 Å². The fraction of sp³-hybridized carbons (Fsp3) is 0.0588. The molecule has 2 amide bonds. The van der Waals surface area contributed by atoms with Crippen molar-refractivity contribution in [2.45, 2.75) is 6.04 Å². The van der Waals surface area contributed by atoms with Gasteiger partial charge in [0.25, 0.3) is 0 Å². The topological polar surface area (TPSA) is 54.0 Å². The van der Waals surface area contributed by atoms with Crippen molar-refractivity contribution < 1.29 is 9.18 Å². The van der Waals surface area contributed by atoms with Crippen LogP contribution in [0.25, 0.3) is 0 Å². The third-order valence-electron chi connectivity index (χ3n) is 3.23. The number of aromatic nitrogens is 1. The lowest BCUT2D eigenvalue weighted by atomic mass is 10.1. The van der Waals surface area contributed by atoms with Gasteiger partial charge in [-0.25, -0.2) is 9.18 Å². The second-order valence-corrected chi connectivity index (χ2v) is 5.82. The molecule has 0 radical (unpaired) electrons. The monoisotopic (exact) mass is 327 g/mol. The van der Waals surface area contributed by atoms with E-state index in [0.29, 0.717) is 5.69 Å². The zero-order valence-corrected chi connectivity index (χ0v) is 12.9. The first-order chi connectivity index (χ1) is 11.2. The standard InChI is InChI=1S/C17H14FN3OS/c18-13-7-5-12(6-8-13)16(15-4-2-10-23-15)21-17(22)20-14-3-1-9-19-11-14/h1-11,16H,(H2,20,21,22). The number of pyridine rings is 1. The van der Waals surface area contributed by atoms with Crippen molar-refractivity contribution in [3.63, 3.8) is 0 Å². The fourth-order valence-corrected chi connectivity index (χ4v) is 2.97. The first-order valence-corrected chi connectivity index (χ1v) is 7.87. The van der Waals surface area contributed by atoms with Crippen LogP contribution >= 0.6 is 11.3 Å². The number of halogens is 1. The van der Waals surface area contributed by atoms with Gasteiger partial charge >= 0.3 is 6.03 Å². The quantitative estimate of drug-likeness (QED) is 0.755. The summed E-state index contributed by atoms with van der Waals surface area (Å²) in [7, 11) is 0. The van der Waals surface area contributed by atoms with E-state index in [0.717, 1.165) is 10.4 Å². The maximum atomic E-state index is 13.1. The Labute approximate surface area is 137 Å². The molecule has 6 heteroatoms. The molecular formula is C17H14FN3OS. The number of nitrogens with zero attached hydrogens (tertiary/aromatic N) is 1. The number of nitrogens with one attached hydrogen (secondary N) is 2. The van der Waals surface area contributed by atoms with Gasteiger partial charge in [-0.15, -0.1) is 11.3 Å². The normalized spacial score (nSPS) is 11.7. The molecule has 0 aliphatic rings. The summed E-state index contributed by atoms with van der Waals surface area (Å²) in [5, 5.41) is 7.58. The molecule has 0 bridgehead atoms. The second-order valence-electron chi connectivity index (χ2n) is 4.84. The minimum atomic E-state index is -0.347. The molecule has 1 atom stereocenters. The van der Waals surface area contributed by atoms with E-state index in [1.807, 2.05) is 17.5 Å². The molecular weight excluding hydrogens is 313 g/mol. The number of thiophene rings is 1. The predicted octanol–water partition coefficient (Wildman–Crippen LogP) is 4.19. The van der Waals surface area contributed by atoms with Crippen LogP contribution in [0.15, 0.2) is 66.3 Å². The average molecular weight is 327 g/mol. The molecule has 1 aromatic carbocycles. The summed E-state index contributed by atoms with van der Waals surface area (Å²) < 4.78 is 13.1. The Kier molecular flexibility index (Phi) is 4.63. The van der Waals surface area contributed by atoms with E-state index in [1.54, 1.807) is 36.7 Å². The molecule has 116 valence electrons. The van der Waals surface area contributed by atoms with Crippen molar-refractivity contribution in [2.75, 3.05) is 5.32 Å². The number of carbonyl (C=O) groups excluding carboxylic acids is 1. The van der Waals surface area contributed by atoms with Gasteiger partial charge in [0.2, 0.25) is 0 Å². The summed E-state index contributed by atoms with van der Waals surface area (Å²) in [5.41, 5.74) is 1.42. The van der Waals surface area contributed by atoms with Crippen LogP contribution in [-0.4, -0.2) is 11.0 Å². The molecule has 2 heterocycles. The predicted molar refractivity (Wildman–Crippen MR) is 89.0 cm³/mol. The van der Waals surface area contributed by atoms with Crippen molar-refractivity contribution >= 4 is 23.1 Å². The van der Waals surface area contributed by atoms with E-state index in [1.165, 1.54) is 23.5 Å². The highest BCUT2D eigenvalue weighted by atomic mass is 32.1. The largest absolute Gasteiger partial charge is 0.326 e. The van der Waals surface area contributed by atoms with Crippen molar-refractivity contribution in [1.29, 1.82) is 0 Å². The number of rotatable bonds is 4. The smallest absolute Gasteiger partial charge is 0.320 e. The molecule has 0 aliphatic carbocycles. The number of amides is 2. The molecule has 0 aliphatic heterocycles. The van der Waals surface area contributed by atoms with Crippen LogP contribution in [0.2, 0.25) is 0 Å². The number of benzene rings is 1. The van der Waals surface area contributed by atoms with Gasteiger partial charge in [-0.1, -0.05) is 18.2 Å². The summed E-state index contributed by atoms with van der Waals surface area (Å²) in [5.74, 6) is -0.307. The molecule has 0 spiro atoms. The molecule has 0 saturated carbocycles. The Morgan fingerprint density at radius 3 is 2.61 bits per heavy atom. The van der Waals surface area contributed by atoms with Gasteiger partial charge < -0.3 is 10.6 Å². The molecule has 2 aromatic heterocycles. The van der Waals surface area contributed by atoms with E-state index in [9.17, 15) is 9.18 Å². The number of anilines is 1. The lowest BCUT2D eigenvalue weighted by molar-refractivity contribution is 0.250. The van der Waals surface area contributed by atoms with Crippen LogP contribution in [0.5, 0.6) is 0 Å². The lowest BCUT2D eigenvalue weighted by Crippen LogP contribution is -2.32. The van der Waals surface area contributed by atoms with Gasteiger partial charge in [0.15, 0.2) is 0 Å². The lowest BCUT2D eigenvalue weighted by Gasteiger charge is -2.18. The number of hydrogen-bond acceptors (Lipinski definition) is 3. The highest BCUT2D eigenvalue weighted by molar-refractivity contribution is 7.10. The van der Waals surface area contributed by atoms with Crippen LogP contribution in [0.3, 0.4) is 0 Å². The van der Waals surface area contributed by atoms with Crippen molar-refractivity contribution in [2.24, 2.45) is 0 Å². The molecule has 2 N–H and O–H groups in total. The van der Waals surface area contributed by atoms with Gasteiger partial charge in [-0.05, 0) is 41.3 Å². The molecule has 3 aromatic rings. The summed E-state index contributed by atoms with van der Waals surface area (Å²) in [4.78, 5) is 17.2. The number of hydrogen-bond donors (Lipinski definition) is 2. The summed E-state index contributed by atoms with van der Waals surface area (Å²) in [6.45, 7) is 0. The Bertz CT molecular complexity index is 760. The van der Waals surface area contributed by atoms with E-state index in [2.05, 4.69) is 15.6 Å². The minimum absolute atomic E-state index is 0.307. The van der Waals surface area contributed by atoms with Gasteiger partial charge in [0.05, 0.1) is 17.9 Å². The van der Waals surface area contributed by atoms with Crippen LogP contribution in [0, 0.1) is 5.82 Å². The molecule has 1 unspecified atom stereocenters. The third-order valence-corrected chi connectivity index (χ3v) is 4.16. The zero-order valence-electron chi connectivity index (χ0n) is 12.1. The van der Waals surface area contributed by atoms with E-state index in [4.69, 9.17) is 0 Å². The number of urea groups is 1. The average Bonchev–Trinajstić information content (AvgIpc) is 3.09. The molecule has 0 fully saturated rings. The summed E-state index contributed by atoms with van der Waals surface area (Å²) >= 11 is 1.53. The van der Waals surface area contributed by atoms with Crippen LogP contribution in [0.4, 0.5) is 14.9 Å². The molecule has 0 saturated heterocycles. The van der Waals surface area contributed by atoms with Gasteiger partial charge in [-0.2, -0.15) is 0 Å². The highest BCUT2D eigenvalue weighted by Gasteiger charge is 2.18. The summed E-state index contributed by atoms with van der Waals surface area (Å²) in [6, 6.07) is 12.8. The Morgan fingerprint density at radius 2 is 1.96 bits per heavy atom. The molecule has 23 heavy (non-hydrogen) atoms. The van der Waals surface area contributed by atoms with Gasteiger partial charge in [0, 0.05) is 11.1 Å².